The minimum absolute atomic E-state index is 0.0145. The van der Waals surface area contributed by atoms with E-state index in [0.717, 1.165) is 9.13 Å². The Kier molecular flexibility index (Phi) is 5.62. The third-order valence-corrected chi connectivity index (χ3v) is 5.75. The number of hydrogen-bond acceptors (Lipinski definition) is 6. The minimum atomic E-state index is -0.574. The molecule has 7 heteroatoms. The molecule has 1 aliphatic carbocycles. The average molecular weight is 494 g/mol. The zero-order valence-electron chi connectivity index (χ0n) is 16.4. The first-order chi connectivity index (χ1) is 13.2. The average Bonchev–Trinajstić information content (AvgIpc) is 2.61. The summed E-state index contributed by atoms with van der Waals surface area (Å²) in [6.45, 7) is 6.45. The molecule has 0 saturated carbocycles. The third-order valence-electron chi connectivity index (χ3n) is 4.95. The van der Waals surface area contributed by atoms with Gasteiger partial charge in [-0.15, -0.1) is 0 Å². The van der Waals surface area contributed by atoms with E-state index in [4.69, 9.17) is 19.9 Å². The van der Waals surface area contributed by atoms with Gasteiger partial charge in [-0.05, 0) is 52.6 Å². The number of halogens is 1. The van der Waals surface area contributed by atoms with E-state index >= 15 is 0 Å². The summed E-state index contributed by atoms with van der Waals surface area (Å²) in [6, 6.07) is 5.86. The number of nitrogens with two attached hydrogens (primary N) is 1. The number of benzene rings is 1. The number of ketones is 1. The lowest BCUT2D eigenvalue weighted by atomic mass is 9.70. The van der Waals surface area contributed by atoms with Gasteiger partial charge in [-0.25, -0.2) is 0 Å². The van der Waals surface area contributed by atoms with Crippen LogP contribution in [0.4, 0.5) is 0 Å². The predicted molar refractivity (Wildman–Crippen MR) is 113 cm³/mol. The summed E-state index contributed by atoms with van der Waals surface area (Å²) in [5.41, 5.74) is 7.39. The fourth-order valence-corrected chi connectivity index (χ4v) is 4.59. The lowest BCUT2D eigenvalue weighted by Crippen LogP contribution is -2.33. The van der Waals surface area contributed by atoms with Crippen LogP contribution in [-0.2, 0) is 9.53 Å². The Bertz CT molecular complexity index is 940. The number of allylic oxidation sites excluding steroid dienone is 3. The van der Waals surface area contributed by atoms with Gasteiger partial charge in [-0.1, -0.05) is 13.8 Å². The van der Waals surface area contributed by atoms with E-state index in [2.05, 4.69) is 28.7 Å². The van der Waals surface area contributed by atoms with Crippen molar-refractivity contribution in [2.75, 3.05) is 13.7 Å². The van der Waals surface area contributed by atoms with E-state index in [1.165, 1.54) is 0 Å². The fourth-order valence-electron chi connectivity index (χ4n) is 3.81. The molecule has 0 radical (unpaired) electrons. The van der Waals surface area contributed by atoms with E-state index in [1.807, 2.05) is 32.9 Å². The van der Waals surface area contributed by atoms with Gasteiger partial charge < -0.3 is 19.9 Å². The summed E-state index contributed by atoms with van der Waals surface area (Å²) >= 11 is 2.17. The summed E-state index contributed by atoms with van der Waals surface area (Å²) in [6.07, 6.45) is 0.991. The second-order valence-electron chi connectivity index (χ2n) is 7.67. The van der Waals surface area contributed by atoms with Crippen LogP contribution in [0.3, 0.4) is 0 Å². The molecule has 0 fully saturated rings. The maximum atomic E-state index is 13.0. The topological polar surface area (TPSA) is 94.6 Å². The smallest absolute Gasteiger partial charge is 0.205 e. The zero-order chi connectivity index (χ0) is 20.6. The first-order valence-corrected chi connectivity index (χ1v) is 10.1. The van der Waals surface area contributed by atoms with Crippen LogP contribution in [0.5, 0.6) is 11.5 Å². The van der Waals surface area contributed by atoms with E-state index < -0.39 is 5.92 Å². The predicted octanol–water partition coefficient (Wildman–Crippen LogP) is 4.15. The largest absolute Gasteiger partial charge is 0.493 e. The van der Waals surface area contributed by atoms with Crippen molar-refractivity contribution in [2.45, 2.75) is 39.5 Å². The van der Waals surface area contributed by atoms with Crippen molar-refractivity contribution < 1.29 is 19.0 Å². The molecule has 148 valence electrons. The van der Waals surface area contributed by atoms with Crippen LogP contribution in [0.15, 0.2) is 34.9 Å². The van der Waals surface area contributed by atoms with Gasteiger partial charge in [0, 0.05) is 18.4 Å². The van der Waals surface area contributed by atoms with Crippen molar-refractivity contribution in [1.29, 1.82) is 5.26 Å². The monoisotopic (exact) mass is 494 g/mol. The summed E-state index contributed by atoms with van der Waals surface area (Å²) in [5.74, 6) is 1.22. The molecule has 1 aromatic rings. The first-order valence-electron chi connectivity index (χ1n) is 9.06. The standard InChI is InChI=1S/C21H23IN2O4/c1-5-27-19-13(22)6-11(7-15(19)26-4)17-12(10-23)20(24)28-16-9-21(2,3)8-14(25)18(16)17/h6-7,17H,5,8-9,24H2,1-4H3/t17-/m1/s1. The number of hydrogen-bond donors (Lipinski definition) is 1. The van der Waals surface area contributed by atoms with Crippen LogP contribution >= 0.6 is 22.6 Å². The van der Waals surface area contributed by atoms with Gasteiger partial charge in [0.15, 0.2) is 17.3 Å². The Labute approximate surface area is 178 Å². The molecule has 2 aliphatic rings. The number of nitriles is 1. The zero-order valence-corrected chi connectivity index (χ0v) is 18.5. The number of nitrogens with zero attached hydrogens (tertiary/aromatic N) is 1. The summed E-state index contributed by atoms with van der Waals surface area (Å²) in [4.78, 5) is 13.0. The second-order valence-corrected chi connectivity index (χ2v) is 8.83. The molecule has 2 N–H and O–H groups in total. The van der Waals surface area contributed by atoms with Crippen LogP contribution < -0.4 is 15.2 Å². The number of carbonyl (C=O) groups is 1. The van der Waals surface area contributed by atoms with E-state index in [1.54, 1.807) is 7.11 Å². The van der Waals surface area contributed by atoms with E-state index in [0.29, 0.717) is 42.3 Å². The van der Waals surface area contributed by atoms with Gasteiger partial charge in [0.1, 0.15) is 17.4 Å². The first kappa shape index (κ1) is 20.5. The molecule has 0 bridgehead atoms. The highest BCUT2D eigenvalue weighted by molar-refractivity contribution is 14.1. The Morgan fingerprint density at radius 1 is 1.39 bits per heavy atom. The van der Waals surface area contributed by atoms with Crippen molar-refractivity contribution in [1.82, 2.24) is 0 Å². The van der Waals surface area contributed by atoms with Crippen molar-refractivity contribution in [3.63, 3.8) is 0 Å². The van der Waals surface area contributed by atoms with E-state index in [9.17, 15) is 10.1 Å². The molecule has 1 aliphatic heterocycles. The molecule has 1 atom stereocenters. The Balaban J connectivity index is 2.21. The molecular weight excluding hydrogens is 471 g/mol. The molecule has 0 unspecified atom stereocenters. The molecule has 0 aromatic heterocycles. The van der Waals surface area contributed by atoms with Crippen molar-refractivity contribution in [2.24, 2.45) is 11.1 Å². The van der Waals surface area contributed by atoms with Gasteiger partial charge in [0.25, 0.3) is 0 Å². The molecule has 0 saturated heterocycles. The SMILES string of the molecule is CCOc1c(I)cc([C@@H]2C(C#N)=C(N)OC3=C2C(=O)CC(C)(C)C3)cc1OC. The van der Waals surface area contributed by atoms with Crippen LogP contribution in [0.2, 0.25) is 0 Å². The minimum Gasteiger partial charge on any atom is -0.493 e. The van der Waals surface area contributed by atoms with Crippen molar-refractivity contribution >= 4 is 28.4 Å². The molecule has 0 spiro atoms. The van der Waals surface area contributed by atoms with Crippen molar-refractivity contribution in [3.05, 3.63) is 44.1 Å². The number of carbonyl (C=O) groups excluding carboxylic acids is 1. The number of ether oxygens (including phenoxy) is 3. The quantitative estimate of drug-likeness (QED) is 0.633. The number of Topliss-reactive ketones (excluding diaryl/α,β-unsaturated/α-hetero) is 1. The lowest BCUT2D eigenvalue weighted by molar-refractivity contribution is -0.119. The molecule has 0 amide bonds. The lowest BCUT2D eigenvalue weighted by Gasteiger charge is -2.37. The number of rotatable bonds is 4. The Morgan fingerprint density at radius 2 is 2.11 bits per heavy atom. The maximum absolute atomic E-state index is 13.0. The molecule has 1 heterocycles. The van der Waals surface area contributed by atoms with Gasteiger partial charge in [0.05, 0.1) is 23.2 Å². The Morgan fingerprint density at radius 3 is 2.71 bits per heavy atom. The molecule has 1 aromatic carbocycles. The summed E-state index contributed by atoms with van der Waals surface area (Å²) < 4.78 is 17.8. The molecular formula is C21H23IN2O4. The highest BCUT2D eigenvalue weighted by atomic mass is 127. The van der Waals surface area contributed by atoms with Crippen LogP contribution in [0.1, 0.15) is 45.1 Å². The Hall–Kier alpha value is -2.21. The summed E-state index contributed by atoms with van der Waals surface area (Å²) in [7, 11) is 1.57. The van der Waals surface area contributed by atoms with Gasteiger partial charge >= 0.3 is 0 Å². The van der Waals surface area contributed by atoms with E-state index in [-0.39, 0.29) is 22.7 Å². The fraction of sp³-hybridized carbons (Fsp3) is 0.429. The van der Waals surface area contributed by atoms with Gasteiger partial charge in [0.2, 0.25) is 5.88 Å². The maximum Gasteiger partial charge on any atom is 0.205 e. The van der Waals surface area contributed by atoms with Crippen molar-refractivity contribution in [3.8, 4) is 17.6 Å². The number of methoxy groups -OCH3 is 1. The second kappa shape index (κ2) is 7.66. The van der Waals surface area contributed by atoms with Gasteiger partial charge in [-0.3, -0.25) is 4.79 Å². The highest BCUT2D eigenvalue weighted by Gasteiger charge is 2.43. The highest BCUT2D eigenvalue weighted by Crippen LogP contribution is 2.49. The van der Waals surface area contributed by atoms with Gasteiger partial charge in [-0.2, -0.15) is 5.26 Å². The normalized spacial score (nSPS) is 21.0. The molecule has 3 rings (SSSR count). The summed E-state index contributed by atoms with van der Waals surface area (Å²) in [5, 5.41) is 9.75. The van der Waals surface area contributed by atoms with Crippen LogP contribution in [0.25, 0.3) is 0 Å². The molecule has 28 heavy (non-hydrogen) atoms. The third kappa shape index (κ3) is 3.58. The molecule has 6 nitrogen and oxygen atoms in total. The van der Waals surface area contributed by atoms with Crippen LogP contribution in [0, 0.1) is 20.3 Å². The van der Waals surface area contributed by atoms with Crippen LogP contribution in [-0.4, -0.2) is 19.5 Å².